The number of carbonyl (C=O) groups excluding carboxylic acids is 3. The van der Waals surface area contributed by atoms with Gasteiger partial charge in [-0.15, -0.1) is 10.2 Å². The van der Waals surface area contributed by atoms with E-state index in [0.29, 0.717) is 22.8 Å². The minimum atomic E-state index is -1.06. The molecule has 14 heteroatoms. The summed E-state index contributed by atoms with van der Waals surface area (Å²) in [5.41, 5.74) is 0.153. The molecular weight excluding hydrogens is 596 g/mol. The van der Waals surface area contributed by atoms with Gasteiger partial charge in [0.15, 0.2) is 11.5 Å². The smallest absolute Gasteiger partial charge is 0.412 e. The predicted molar refractivity (Wildman–Crippen MR) is 167 cm³/mol. The van der Waals surface area contributed by atoms with Crippen molar-refractivity contribution in [2.45, 2.75) is 45.7 Å². The molecule has 0 bridgehead atoms. The number of nitrogens with one attached hydrogen (secondary N) is 2. The van der Waals surface area contributed by atoms with Gasteiger partial charge in [0.05, 0.1) is 44.7 Å². The standard InChI is InChI=1S/C32H36N6O8/c1-18(2)25(26(40)28-36-37-30(46-28)32(3,4)20-13-14-22(43-5)23(15-20)44-6)34-24(39)17-38-21(19-11-9-8-10-12-19)16-33-27(29(38)41)35-31(42)45-7/h8-16,18,25H,17H2,1-7H3,(H,34,39)(H,33,35,42)/t25-/m0/s1. The van der Waals surface area contributed by atoms with Gasteiger partial charge in [-0.1, -0.05) is 50.2 Å². The fourth-order valence-corrected chi connectivity index (χ4v) is 4.67. The van der Waals surface area contributed by atoms with E-state index < -0.39 is 41.3 Å². The zero-order valence-corrected chi connectivity index (χ0v) is 26.6. The molecule has 242 valence electrons. The average Bonchev–Trinajstić information content (AvgIpc) is 3.56. The molecule has 2 aromatic carbocycles. The van der Waals surface area contributed by atoms with Crippen molar-refractivity contribution in [3.63, 3.8) is 0 Å². The fourth-order valence-electron chi connectivity index (χ4n) is 4.67. The summed E-state index contributed by atoms with van der Waals surface area (Å²) in [6.45, 7) is 6.73. The van der Waals surface area contributed by atoms with Crippen LogP contribution in [0.3, 0.4) is 0 Å². The van der Waals surface area contributed by atoms with Gasteiger partial charge in [-0.25, -0.2) is 9.78 Å². The molecule has 4 rings (SSSR count). The molecule has 0 aliphatic heterocycles. The molecule has 2 aromatic heterocycles. The highest BCUT2D eigenvalue weighted by Crippen LogP contribution is 2.36. The molecule has 0 aliphatic carbocycles. The lowest BCUT2D eigenvalue weighted by Crippen LogP contribution is -2.46. The van der Waals surface area contributed by atoms with Gasteiger partial charge in [-0.05, 0) is 43.0 Å². The van der Waals surface area contributed by atoms with E-state index in [0.717, 1.165) is 17.2 Å². The van der Waals surface area contributed by atoms with Crippen molar-refractivity contribution in [3.05, 3.63) is 82.4 Å². The van der Waals surface area contributed by atoms with Gasteiger partial charge in [0.1, 0.15) is 6.54 Å². The first-order chi connectivity index (χ1) is 21.9. The van der Waals surface area contributed by atoms with Crippen LogP contribution in [-0.2, 0) is 21.5 Å². The van der Waals surface area contributed by atoms with Crippen molar-refractivity contribution in [1.29, 1.82) is 0 Å². The van der Waals surface area contributed by atoms with Crippen LogP contribution in [0.1, 0.15) is 49.8 Å². The van der Waals surface area contributed by atoms with Gasteiger partial charge in [0, 0.05) is 0 Å². The maximum atomic E-state index is 13.6. The van der Waals surface area contributed by atoms with E-state index in [1.165, 1.54) is 13.3 Å². The molecule has 4 aromatic rings. The van der Waals surface area contributed by atoms with Crippen molar-refractivity contribution >= 4 is 23.6 Å². The van der Waals surface area contributed by atoms with Gasteiger partial charge in [-0.2, -0.15) is 0 Å². The summed E-state index contributed by atoms with van der Waals surface area (Å²) in [7, 11) is 4.22. The van der Waals surface area contributed by atoms with Crippen molar-refractivity contribution in [3.8, 4) is 22.8 Å². The first kappa shape index (κ1) is 33.4. The summed E-state index contributed by atoms with van der Waals surface area (Å²) < 4.78 is 22.4. The minimum absolute atomic E-state index is 0.179. The number of hydrogen-bond donors (Lipinski definition) is 2. The Bertz CT molecular complexity index is 1780. The second kappa shape index (κ2) is 14.1. The lowest BCUT2D eigenvalue weighted by atomic mass is 9.84. The van der Waals surface area contributed by atoms with Crippen LogP contribution in [0.25, 0.3) is 11.3 Å². The fraction of sp³-hybridized carbons (Fsp3) is 0.344. The van der Waals surface area contributed by atoms with Gasteiger partial charge in [0.25, 0.3) is 11.4 Å². The number of Topliss-reactive ketones (excluding diaryl/α,β-unsaturated/α-hetero) is 1. The Labute approximate surface area is 265 Å². The summed E-state index contributed by atoms with van der Waals surface area (Å²) in [6, 6.07) is 13.2. The van der Waals surface area contributed by atoms with Crippen molar-refractivity contribution < 1.29 is 33.0 Å². The van der Waals surface area contributed by atoms with Crippen molar-refractivity contribution in [1.82, 2.24) is 25.1 Å². The van der Waals surface area contributed by atoms with E-state index in [1.54, 1.807) is 63.4 Å². The number of benzene rings is 2. The molecule has 0 aliphatic rings. The van der Waals surface area contributed by atoms with Crippen LogP contribution in [-0.4, -0.2) is 64.9 Å². The average molecular weight is 633 g/mol. The molecule has 2 amide bonds. The van der Waals surface area contributed by atoms with Gasteiger partial charge in [0.2, 0.25) is 23.4 Å². The zero-order chi connectivity index (χ0) is 33.6. The van der Waals surface area contributed by atoms with Crippen LogP contribution in [0.5, 0.6) is 11.5 Å². The van der Waals surface area contributed by atoms with Gasteiger partial charge >= 0.3 is 6.09 Å². The molecule has 0 saturated carbocycles. The van der Waals surface area contributed by atoms with Crippen molar-refractivity contribution in [2.75, 3.05) is 26.6 Å². The first-order valence-corrected chi connectivity index (χ1v) is 14.3. The molecule has 2 N–H and O–H groups in total. The molecule has 0 saturated heterocycles. The maximum absolute atomic E-state index is 13.6. The summed E-state index contributed by atoms with van der Waals surface area (Å²) in [5.74, 6) is -0.980. The van der Waals surface area contributed by atoms with Gasteiger partial charge < -0.3 is 23.9 Å². The van der Waals surface area contributed by atoms with E-state index in [2.05, 4.69) is 30.6 Å². The Morgan fingerprint density at radius 3 is 2.30 bits per heavy atom. The monoisotopic (exact) mass is 632 g/mol. The highest BCUT2D eigenvalue weighted by molar-refractivity contribution is 5.98. The third-order valence-electron chi connectivity index (χ3n) is 7.37. The van der Waals surface area contributed by atoms with E-state index >= 15 is 0 Å². The number of ether oxygens (including phenoxy) is 3. The normalized spacial score (nSPS) is 11.9. The molecule has 0 fully saturated rings. The minimum Gasteiger partial charge on any atom is -0.493 e. The zero-order valence-electron chi connectivity index (χ0n) is 26.6. The maximum Gasteiger partial charge on any atom is 0.412 e. The van der Waals surface area contributed by atoms with E-state index in [-0.39, 0.29) is 23.5 Å². The van der Waals surface area contributed by atoms with E-state index in [1.807, 2.05) is 19.9 Å². The lowest BCUT2D eigenvalue weighted by Gasteiger charge is -2.22. The number of aromatic nitrogens is 4. The van der Waals surface area contributed by atoms with Crippen LogP contribution in [0.4, 0.5) is 10.6 Å². The molecule has 0 unspecified atom stereocenters. The largest absolute Gasteiger partial charge is 0.493 e. The molecule has 0 spiro atoms. The topological polar surface area (TPSA) is 177 Å². The van der Waals surface area contributed by atoms with Crippen LogP contribution < -0.4 is 25.7 Å². The van der Waals surface area contributed by atoms with Crippen molar-refractivity contribution in [2.24, 2.45) is 5.92 Å². The Kier molecular flexibility index (Phi) is 10.2. The first-order valence-electron chi connectivity index (χ1n) is 14.3. The summed E-state index contributed by atoms with van der Waals surface area (Å²) >= 11 is 0. The third kappa shape index (κ3) is 7.06. The quantitative estimate of drug-likeness (QED) is 0.217. The Morgan fingerprint density at radius 1 is 0.978 bits per heavy atom. The second-order valence-corrected chi connectivity index (χ2v) is 11.1. The number of carbonyl (C=O) groups is 3. The third-order valence-corrected chi connectivity index (χ3v) is 7.37. The Hall–Kier alpha value is -5.53. The molecule has 0 radical (unpaired) electrons. The molecule has 2 heterocycles. The van der Waals surface area contributed by atoms with Crippen LogP contribution in [0, 0.1) is 5.92 Å². The van der Waals surface area contributed by atoms with E-state index in [9.17, 15) is 19.2 Å². The molecule has 46 heavy (non-hydrogen) atoms. The van der Waals surface area contributed by atoms with Crippen LogP contribution in [0.15, 0.2) is 63.9 Å². The number of hydrogen-bond acceptors (Lipinski definition) is 11. The van der Waals surface area contributed by atoms with Crippen LogP contribution in [0.2, 0.25) is 0 Å². The number of methoxy groups -OCH3 is 3. The number of rotatable bonds is 12. The highest BCUT2D eigenvalue weighted by atomic mass is 16.5. The second-order valence-electron chi connectivity index (χ2n) is 11.1. The number of amides is 2. The summed E-state index contributed by atoms with van der Waals surface area (Å²) in [6.07, 6.45) is 0.465. The number of anilines is 1. The van der Waals surface area contributed by atoms with Gasteiger partial charge in [-0.3, -0.25) is 24.3 Å². The lowest BCUT2D eigenvalue weighted by molar-refractivity contribution is -0.122. The Balaban J connectivity index is 1.59. The number of nitrogens with zero attached hydrogens (tertiary/aromatic N) is 4. The molecule has 1 atom stereocenters. The number of ketones is 1. The summed E-state index contributed by atoms with van der Waals surface area (Å²) in [5, 5.41) is 13.1. The Morgan fingerprint density at radius 2 is 1.67 bits per heavy atom. The highest BCUT2D eigenvalue weighted by Gasteiger charge is 2.35. The molecule has 14 nitrogen and oxygen atoms in total. The van der Waals surface area contributed by atoms with E-state index in [4.69, 9.17) is 13.9 Å². The SMILES string of the molecule is COC(=O)Nc1ncc(-c2ccccc2)n(CC(=O)N[C@H](C(=O)c2nnc(C(C)(C)c3ccc(OC)c(OC)c3)o2)C(C)C)c1=O. The van der Waals surface area contributed by atoms with Crippen LogP contribution >= 0.6 is 0 Å². The summed E-state index contributed by atoms with van der Waals surface area (Å²) in [4.78, 5) is 56.2. The predicted octanol–water partition coefficient (Wildman–Crippen LogP) is 3.84. The molecular formula is C32H36N6O8.